The van der Waals surface area contributed by atoms with Gasteiger partial charge in [0.25, 0.3) is 0 Å². The molecule has 4 nitrogen and oxygen atoms in total. The summed E-state index contributed by atoms with van der Waals surface area (Å²) < 4.78 is 13.4. The molecule has 1 fully saturated rings. The van der Waals surface area contributed by atoms with Gasteiger partial charge in [-0.05, 0) is 31.0 Å². The summed E-state index contributed by atoms with van der Waals surface area (Å²) in [4.78, 5) is 11.8. The number of hydrogen-bond acceptors (Lipinski definition) is 2. The molecule has 0 saturated carbocycles. The van der Waals surface area contributed by atoms with Crippen molar-refractivity contribution in [3.8, 4) is 0 Å². The van der Waals surface area contributed by atoms with Gasteiger partial charge in [-0.15, -0.1) is 0 Å². The lowest BCUT2D eigenvalue weighted by atomic mass is 9.95. The van der Waals surface area contributed by atoms with E-state index in [-0.39, 0.29) is 17.8 Å². The molecule has 18 heavy (non-hydrogen) atoms. The van der Waals surface area contributed by atoms with Crippen LogP contribution in [0.5, 0.6) is 0 Å². The van der Waals surface area contributed by atoms with Gasteiger partial charge >= 0.3 is 6.03 Å². The van der Waals surface area contributed by atoms with Crippen molar-refractivity contribution < 1.29 is 9.18 Å². The van der Waals surface area contributed by atoms with E-state index in [1.54, 1.807) is 12.1 Å². The molecule has 0 aliphatic carbocycles. The second kappa shape index (κ2) is 5.82. The van der Waals surface area contributed by atoms with Crippen molar-refractivity contribution in [3.05, 3.63) is 30.1 Å². The van der Waals surface area contributed by atoms with Crippen LogP contribution in [0.1, 0.15) is 13.3 Å². The van der Waals surface area contributed by atoms with Crippen LogP contribution in [0.3, 0.4) is 0 Å². The van der Waals surface area contributed by atoms with Gasteiger partial charge in [0.1, 0.15) is 5.82 Å². The molecule has 5 heteroatoms. The first-order chi connectivity index (χ1) is 8.66. The van der Waals surface area contributed by atoms with Crippen molar-refractivity contribution in [1.82, 2.24) is 10.6 Å². The standard InChI is InChI=1S/C13H18FN3O/c1-9-6-7-15-8-12(9)17-13(18)16-11-5-3-2-4-10(11)14/h2-5,9,12,15H,6-8H2,1H3,(H2,16,17,18). The Morgan fingerprint density at radius 1 is 1.44 bits per heavy atom. The summed E-state index contributed by atoms with van der Waals surface area (Å²) in [5.41, 5.74) is 0.200. The molecule has 1 aromatic carbocycles. The second-order valence-electron chi connectivity index (χ2n) is 4.65. The Bertz CT molecular complexity index is 424. The minimum atomic E-state index is -0.428. The highest BCUT2D eigenvalue weighted by atomic mass is 19.1. The minimum absolute atomic E-state index is 0.0884. The Kier molecular flexibility index (Phi) is 4.15. The third kappa shape index (κ3) is 3.20. The van der Waals surface area contributed by atoms with Crippen molar-refractivity contribution in [3.63, 3.8) is 0 Å². The van der Waals surface area contributed by atoms with Crippen LogP contribution < -0.4 is 16.0 Å². The number of rotatable bonds is 2. The van der Waals surface area contributed by atoms with Gasteiger partial charge in [0.05, 0.1) is 5.69 Å². The number of para-hydroxylation sites is 1. The molecule has 0 bridgehead atoms. The number of hydrogen-bond donors (Lipinski definition) is 3. The zero-order valence-electron chi connectivity index (χ0n) is 10.4. The van der Waals surface area contributed by atoms with E-state index in [2.05, 4.69) is 22.9 Å². The van der Waals surface area contributed by atoms with Crippen molar-refractivity contribution in [2.75, 3.05) is 18.4 Å². The normalized spacial score (nSPS) is 23.4. The molecule has 2 rings (SSSR count). The van der Waals surface area contributed by atoms with Gasteiger partial charge in [0.2, 0.25) is 0 Å². The van der Waals surface area contributed by atoms with Crippen molar-refractivity contribution >= 4 is 11.7 Å². The smallest absolute Gasteiger partial charge is 0.319 e. The second-order valence-corrected chi connectivity index (χ2v) is 4.65. The SMILES string of the molecule is CC1CCNCC1NC(=O)Nc1ccccc1F. The minimum Gasteiger partial charge on any atom is -0.334 e. The molecule has 0 spiro atoms. The number of halogens is 1. The van der Waals surface area contributed by atoms with Crippen molar-refractivity contribution in [2.45, 2.75) is 19.4 Å². The van der Waals surface area contributed by atoms with Gasteiger partial charge in [-0.2, -0.15) is 0 Å². The van der Waals surface area contributed by atoms with E-state index in [1.807, 2.05) is 0 Å². The quantitative estimate of drug-likeness (QED) is 0.752. The molecular formula is C13H18FN3O. The monoisotopic (exact) mass is 251 g/mol. The molecule has 1 aromatic rings. The number of piperidine rings is 1. The average molecular weight is 251 g/mol. The van der Waals surface area contributed by atoms with E-state index in [0.29, 0.717) is 5.92 Å². The number of amides is 2. The van der Waals surface area contributed by atoms with Crippen LogP contribution in [-0.2, 0) is 0 Å². The number of carbonyl (C=O) groups is 1. The number of anilines is 1. The molecule has 1 saturated heterocycles. The van der Waals surface area contributed by atoms with Crippen molar-refractivity contribution in [2.24, 2.45) is 5.92 Å². The third-order valence-electron chi connectivity index (χ3n) is 3.27. The van der Waals surface area contributed by atoms with Crippen molar-refractivity contribution in [1.29, 1.82) is 0 Å². The molecule has 2 amide bonds. The van der Waals surface area contributed by atoms with Crippen LogP contribution >= 0.6 is 0 Å². The maximum atomic E-state index is 13.4. The largest absolute Gasteiger partial charge is 0.334 e. The average Bonchev–Trinajstić information content (AvgIpc) is 2.35. The first-order valence-corrected chi connectivity index (χ1v) is 6.19. The summed E-state index contributed by atoms with van der Waals surface area (Å²) in [6, 6.07) is 5.86. The molecule has 2 unspecified atom stereocenters. The van der Waals surface area contributed by atoms with Crippen LogP contribution in [0.4, 0.5) is 14.9 Å². The number of carbonyl (C=O) groups excluding carboxylic acids is 1. The predicted octanol–water partition coefficient (Wildman–Crippen LogP) is 1.95. The van der Waals surface area contributed by atoms with Gasteiger partial charge in [-0.1, -0.05) is 19.1 Å². The fraction of sp³-hybridized carbons (Fsp3) is 0.462. The summed E-state index contributed by atoms with van der Waals surface area (Å²) in [5.74, 6) is 0.0000814. The van der Waals surface area contributed by atoms with Crippen LogP contribution in [0.2, 0.25) is 0 Å². The molecule has 0 aromatic heterocycles. The van der Waals surface area contributed by atoms with Crippen LogP contribution in [-0.4, -0.2) is 25.2 Å². The highest BCUT2D eigenvalue weighted by Gasteiger charge is 2.22. The van der Waals surface area contributed by atoms with Gasteiger partial charge in [-0.3, -0.25) is 0 Å². The molecule has 0 radical (unpaired) electrons. The first-order valence-electron chi connectivity index (χ1n) is 6.19. The van der Waals surface area contributed by atoms with E-state index in [0.717, 1.165) is 19.5 Å². The fourth-order valence-corrected chi connectivity index (χ4v) is 2.07. The van der Waals surface area contributed by atoms with Gasteiger partial charge in [0.15, 0.2) is 0 Å². The predicted molar refractivity (Wildman–Crippen MR) is 69.0 cm³/mol. The number of nitrogens with one attached hydrogen (secondary N) is 3. The Labute approximate surface area is 106 Å². The Balaban J connectivity index is 1.90. The fourth-order valence-electron chi connectivity index (χ4n) is 2.07. The maximum absolute atomic E-state index is 13.4. The highest BCUT2D eigenvalue weighted by molar-refractivity contribution is 5.89. The maximum Gasteiger partial charge on any atom is 0.319 e. The number of benzene rings is 1. The lowest BCUT2D eigenvalue weighted by Gasteiger charge is -2.30. The van der Waals surface area contributed by atoms with Gasteiger partial charge in [-0.25, -0.2) is 9.18 Å². The zero-order valence-corrected chi connectivity index (χ0v) is 10.4. The molecule has 2 atom stereocenters. The Morgan fingerprint density at radius 2 is 2.22 bits per heavy atom. The molecule has 1 heterocycles. The summed E-state index contributed by atoms with van der Waals surface area (Å²) in [5, 5.41) is 8.62. The molecule has 1 aliphatic rings. The van der Waals surface area contributed by atoms with Gasteiger partial charge in [0, 0.05) is 12.6 Å². The molecular weight excluding hydrogens is 233 g/mol. The molecule has 1 aliphatic heterocycles. The topological polar surface area (TPSA) is 53.2 Å². The first kappa shape index (κ1) is 12.8. The van der Waals surface area contributed by atoms with Crippen LogP contribution in [0.25, 0.3) is 0 Å². The molecule has 98 valence electrons. The Morgan fingerprint density at radius 3 is 2.94 bits per heavy atom. The summed E-state index contributed by atoms with van der Waals surface area (Å²) >= 11 is 0. The summed E-state index contributed by atoms with van der Waals surface area (Å²) in [6.45, 7) is 3.84. The highest BCUT2D eigenvalue weighted by Crippen LogP contribution is 2.14. The van der Waals surface area contributed by atoms with E-state index in [9.17, 15) is 9.18 Å². The van der Waals surface area contributed by atoms with Crippen LogP contribution in [0, 0.1) is 11.7 Å². The summed E-state index contributed by atoms with van der Waals surface area (Å²) in [6.07, 6.45) is 1.03. The molecule has 3 N–H and O–H groups in total. The van der Waals surface area contributed by atoms with Crippen LogP contribution in [0.15, 0.2) is 24.3 Å². The third-order valence-corrected chi connectivity index (χ3v) is 3.27. The van der Waals surface area contributed by atoms with E-state index < -0.39 is 5.82 Å². The lowest BCUT2D eigenvalue weighted by molar-refractivity contribution is 0.236. The zero-order chi connectivity index (χ0) is 13.0. The van der Waals surface area contributed by atoms with E-state index in [1.165, 1.54) is 12.1 Å². The van der Waals surface area contributed by atoms with E-state index >= 15 is 0 Å². The lowest BCUT2D eigenvalue weighted by Crippen LogP contribution is -2.51. The van der Waals surface area contributed by atoms with Gasteiger partial charge < -0.3 is 16.0 Å². The van der Waals surface area contributed by atoms with E-state index in [4.69, 9.17) is 0 Å². The Hall–Kier alpha value is -1.62. The number of urea groups is 1. The summed E-state index contributed by atoms with van der Waals surface area (Å²) in [7, 11) is 0.